The first-order chi connectivity index (χ1) is 10.2. The second-order valence-corrected chi connectivity index (χ2v) is 6.50. The Hall–Kier alpha value is -1.49. The minimum Gasteiger partial charge on any atom is -0.467 e. The Morgan fingerprint density at radius 2 is 2.24 bits per heavy atom. The molecule has 4 atom stereocenters. The van der Waals surface area contributed by atoms with Gasteiger partial charge in [0.2, 0.25) is 0 Å². The standard InChI is InChI=1S/C16H22N2O3/c1-10(14-3-2-8-20-14)18(11-4-5-11)16(19)17-13-9-12-6-7-15(13)21-12/h2-3,8,10-13,15H,4-7,9H2,1H3,(H,17,19)/t10-,12+,13+,15+/m0/s1. The Morgan fingerprint density at radius 1 is 1.38 bits per heavy atom. The van der Waals surface area contributed by atoms with Gasteiger partial charge < -0.3 is 19.4 Å². The molecule has 3 aliphatic rings. The van der Waals surface area contributed by atoms with Gasteiger partial charge in [0.25, 0.3) is 0 Å². The summed E-state index contributed by atoms with van der Waals surface area (Å²) >= 11 is 0. The van der Waals surface area contributed by atoms with Gasteiger partial charge in [-0.25, -0.2) is 4.79 Å². The predicted molar refractivity (Wildman–Crippen MR) is 76.8 cm³/mol. The highest BCUT2D eigenvalue weighted by molar-refractivity contribution is 5.76. The van der Waals surface area contributed by atoms with Gasteiger partial charge in [-0.05, 0) is 51.2 Å². The number of rotatable bonds is 4. The maximum Gasteiger partial charge on any atom is 0.318 e. The van der Waals surface area contributed by atoms with E-state index in [0.717, 1.165) is 37.9 Å². The minimum absolute atomic E-state index is 0.0213. The monoisotopic (exact) mass is 290 g/mol. The molecule has 1 aliphatic carbocycles. The second-order valence-electron chi connectivity index (χ2n) is 6.50. The third-order valence-electron chi connectivity index (χ3n) is 4.96. The first kappa shape index (κ1) is 13.2. The van der Waals surface area contributed by atoms with Crippen molar-refractivity contribution in [1.82, 2.24) is 10.2 Å². The molecule has 1 saturated carbocycles. The minimum atomic E-state index is -0.0213. The molecule has 3 fully saturated rings. The van der Waals surface area contributed by atoms with Gasteiger partial charge in [0.05, 0.1) is 30.6 Å². The lowest BCUT2D eigenvalue weighted by Gasteiger charge is -2.31. The van der Waals surface area contributed by atoms with Crippen molar-refractivity contribution in [3.05, 3.63) is 24.2 Å². The molecule has 21 heavy (non-hydrogen) atoms. The maximum atomic E-state index is 12.7. The van der Waals surface area contributed by atoms with Gasteiger partial charge in [-0.3, -0.25) is 0 Å². The highest BCUT2D eigenvalue weighted by Crippen LogP contribution is 2.37. The van der Waals surface area contributed by atoms with Gasteiger partial charge in [-0.15, -0.1) is 0 Å². The summed E-state index contributed by atoms with van der Waals surface area (Å²) in [6.07, 6.45) is 7.61. The molecular formula is C16H22N2O3. The van der Waals surface area contributed by atoms with Crippen LogP contribution in [0.4, 0.5) is 4.79 Å². The smallest absolute Gasteiger partial charge is 0.318 e. The number of nitrogens with zero attached hydrogens (tertiary/aromatic N) is 1. The van der Waals surface area contributed by atoms with E-state index in [1.807, 2.05) is 24.0 Å². The van der Waals surface area contributed by atoms with Crippen molar-refractivity contribution in [2.45, 2.75) is 69.4 Å². The van der Waals surface area contributed by atoms with Crippen molar-refractivity contribution in [2.75, 3.05) is 0 Å². The summed E-state index contributed by atoms with van der Waals surface area (Å²) in [6, 6.07) is 4.35. The van der Waals surface area contributed by atoms with Gasteiger partial charge in [0, 0.05) is 6.04 Å². The maximum absolute atomic E-state index is 12.7. The number of hydrogen-bond acceptors (Lipinski definition) is 3. The highest BCUT2D eigenvalue weighted by Gasteiger charge is 2.44. The molecule has 5 nitrogen and oxygen atoms in total. The van der Waals surface area contributed by atoms with Crippen LogP contribution in [0.1, 0.15) is 50.8 Å². The summed E-state index contributed by atoms with van der Waals surface area (Å²) in [5.74, 6) is 0.848. The lowest BCUT2D eigenvalue weighted by molar-refractivity contribution is 0.0958. The number of nitrogens with one attached hydrogen (secondary N) is 1. The fourth-order valence-corrected chi connectivity index (χ4v) is 3.70. The van der Waals surface area contributed by atoms with Crippen LogP contribution in [0.3, 0.4) is 0 Å². The Bertz CT molecular complexity index is 512. The average Bonchev–Trinajstić information content (AvgIpc) is 2.94. The second kappa shape index (κ2) is 5.05. The van der Waals surface area contributed by atoms with Crippen molar-refractivity contribution in [2.24, 2.45) is 0 Å². The summed E-state index contributed by atoms with van der Waals surface area (Å²) < 4.78 is 11.3. The molecule has 5 heteroatoms. The summed E-state index contributed by atoms with van der Waals surface area (Å²) in [4.78, 5) is 14.7. The van der Waals surface area contributed by atoms with Crippen LogP contribution in [-0.2, 0) is 4.74 Å². The van der Waals surface area contributed by atoms with E-state index in [-0.39, 0.29) is 24.2 Å². The van der Waals surface area contributed by atoms with E-state index in [4.69, 9.17) is 9.15 Å². The summed E-state index contributed by atoms with van der Waals surface area (Å²) in [7, 11) is 0. The molecule has 0 spiro atoms. The van der Waals surface area contributed by atoms with Gasteiger partial charge in [0.1, 0.15) is 5.76 Å². The number of carbonyl (C=O) groups is 1. The molecular weight excluding hydrogens is 268 g/mol. The van der Waals surface area contributed by atoms with Crippen molar-refractivity contribution in [1.29, 1.82) is 0 Å². The van der Waals surface area contributed by atoms with Crippen LogP contribution in [0.2, 0.25) is 0 Å². The predicted octanol–water partition coefficient (Wildman–Crippen LogP) is 2.83. The number of amides is 2. The number of ether oxygens (including phenoxy) is 1. The van der Waals surface area contributed by atoms with E-state index in [1.54, 1.807) is 6.26 Å². The zero-order valence-electron chi connectivity index (χ0n) is 12.3. The zero-order chi connectivity index (χ0) is 14.4. The van der Waals surface area contributed by atoms with Crippen molar-refractivity contribution < 1.29 is 13.9 Å². The van der Waals surface area contributed by atoms with Crippen LogP contribution in [0, 0.1) is 0 Å². The lowest BCUT2D eigenvalue weighted by Crippen LogP contribution is -2.49. The molecule has 2 saturated heterocycles. The first-order valence-corrected chi connectivity index (χ1v) is 8.00. The van der Waals surface area contributed by atoms with Crippen LogP contribution in [0.5, 0.6) is 0 Å². The SMILES string of the molecule is C[C@@H](c1ccco1)N(C(=O)N[C@@H]1C[C@H]2CC[C@H]1O2)C1CC1. The quantitative estimate of drug-likeness (QED) is 0.927. The van der Waals surface area contributed by atoms with Crippen LogP contribution in [0.15, 0.2) is 22.8 Å². The third-order valence-corrected chi connectivity index (χ3v) is 4.96. The number of urea groups is 1. The zero-order valence-corrected chi connectivity index (χ0v) is 12.3. The molecule has 2 amide bonds. The van der Waals surface area contributed by atoms with Crippen molar-refractivity contribution >= 4 is 6.03 Å². The van der Waals surface area contributed by atoms with Gasteiger partial charge >= 0.3 is 6.03 Å². The van der Waals surface area contributed by atoms with E-state index in [9.17, 15) is 4.79 Å². The average molecular weight is 290 g/mol. The molecule has 1 N–H and O–H groups in total. The fraction of sp³-hybridized carbons (Fsp3) is 0.688. The van der Waals surface area contributed by atoms with Crippen LogP contribution >= 0.6 is 0 Å². The van der Waals surface area contributed by atoms with Crippen molar-refractivity contribution in [3.8, 4) is 0 Å². The topological polar surface area (TPSA) is 54.7 Å². The number of carbonyl (C=O) groups excluding carboxylic acids is 1. The Balaban J connectivity index is 1.45. The van der Waals surface area contributed by atoms with Crippen LogP contribution in [-0.4, -0.2) is 35.2 Å². The first-order valence-electron chi connectivity index (χ1n) is 8.00. The normalized spacial score (nSPS) is 32.1. The largest absolute Gasteiger partial charge is 0.467 e. The van der Waals surface area contributed by atoms with E-state index < -0.39 is 0 Å². The van der Waals surface area contributed by atoms with E-state index in [0.29, 0.717) is 12.1 Å². The lowest BCUT2D eigenvalue weighted by atomic mass is 9.96. The van der Waals surface area contributed by atoms with Gasteiger partial charge in [-0.2, -0.15) is 0 Å². The number of furan rings is 1. The van der Waals surface area contributed by atoms with E-state index in [1.165, 1.54) is 0 Å². The molecule has 1 aromatic rings. The Labute approximate surface area is 124 Å². The van der Waals surface area contributed by atoms with Gasteiger partial charge in [-0.1, -0.05) is 0 Å². The highest BCUT2D eigenvalue weighted by atomic mass is 16.5. The number of hydrogen-bond donors (Lipinski definition) is 1. The fourth-order valence-electron chi connectivity index (χ4n) is 3.70. The molecule has 0 aromatic carbocycles. The molecule has 114 valence electrons. The molecule has 2 aliphatic heterocycles. The van der Waals surface area contributed by atoms with E-state index >= 15 is 0 Å². The Morgan fingerprint density at radius 3 is 2.81 bits per heavy atom. The summed E-state index contributed by atoms with van der Waals surface area (Å²) in [5.41, 5.74) is 0. The third kappa shape index (κ3) is 2.44. The molecule has 4 rings (SSSR count). The van der Waals surface area contributed by atoms with Crippen molar-refractivity contribution in [3.63, 3.8) is 0 Å². The number of fused-ring (bicyclic) bond motifs is 2. The molecule has 0 radical (unpaired) electrons. The Kier molecular flexibility index (Phi) is 3.17. The molecule has 2 bridgehead atoms. The van der Waals surface area contributed by atoms with Gasteiger partial charge in [0.15, 0.2) is 0 Å². The molecule has 3 heterocycles. The van der Waals surface area contributed by atoms with E-state index in [2.05, 4.69) is 5.32 Å². The summed E-state index contributed by atoms with van der Waals surface area (Å²) in [5, 5.41) is 3.19. The van der Waals surface area contributed by atoms with Crippen LogP contribution < -0.4 is 5.32 Å². The summed E-state index contributed by atoms with van der Waals surface area (Å²) in [6.45, 7) is 2.04. The van der Waals surface area contributed by atoms with Crippen LogP contribution in [0.25, 0.3) is 0 Å². The molecule has 1 aromatic heterocycles. The molecule has 0 unspecified atom stereocenters.